The monoisotopic (exact) mass is 773 g/mol. The van der Waals surface area contributed by atoms with Crippen LogP contribution in [0.4, 0.5) is 16.6 Å². The minimum absolute atomic E-state index is 0.0209. The number of unbranched alkanes of at least 4 members (excludes halogenated alkanes) is 1. The molecule has 3 fully saturated rings. The van der Waals surface area contributed by atoms with Gasteiger partial charge in [-0.3, -0.25) is 19.0 Å². The van der Waals surface area contributed by atoms with E-state index in [0.717, 1.165) is 16.6 Å². The number of nitrogens with one attached hydrogen (secondary N) is 3. The van der Waals surface area contributed by atoms with Crippen molar-refractivity contribution in [2.45, 2.75) is 67.6 Å². The molecule has 10 N–H and O–H groups in total. The second-order valence-corrected chi connectivity index (χ2v) is 16.7. The Morgan fingerprint density at radius 1 is 1.18 bits per heavy atom. The van der Waals surface area contributed by atoms with Crippen molar-refractivity contribution in [1.29, 1.82) is 0 Å². The van der Waals surface area contributed by atoms with Crippen LogP contribution in [0.1, 0.15) is 31.9 Å². The lowest BCUT2D eigenvalue weighted by molar-refractivity contribution is -0.119. The van der Waals surface area contributed by atoms with Crippen molar-refractivity contribution >= 4 is 70.0 Å². The van der Waals surface area contributed by atoms with Crippen molar-refractivity contribution in [2.75, 3.05) is 18.1 Å². The number of aliphatic hydroxyl groups excluding tert-OH is 2. The van der Waals surface area contributed by atoms with Gasteiger partial charge in [-0.25, -0.2) is 33.4 Å². The number of amides is 3. The topological polar surface area (TPSA) is 378 Å². The number of fused-ring (bicyclic) bond motifs is 2. The zero-order valence-electron chi connectivity index (χ0n) is 24.7. The van der Waals surface area contributed by atoms with Gasteiger partial charge in [0.15, 0.2) is 23.2 Å². The summed E-state index contributed by atoms with van der Waals surface area (Å²) in [6.07, 6.45) is -4.72. The molecule has 0 aliphatic carbocycles. The molecule has 0 spiro atoms. The third-order valence-electron chi connectivity index (χ3n) is 7.38. The first kappa shape index (κ1) is 37.3. The number of phosphoric acid groups is 2. The van der Waals surface area contributed by atoms with Crippen LogP contribution in [0.15, 0.2) is 11.4 Å². The predicted octanol–water partition coefficient (Wildman–Crippen LogP) is 0.162. The van der Waals surface area contributed by atoms with E-state index in [9.17, 15) is 48.2 Å². The fourth-order valence-corrected chi connectivity index (χ4v) is 10.5. The zero-order chi connectivity index (χ0) is 35.7. The minimum atomic E-state index is -5.89. The Balaban J connectivity index is 1.10. The largest absolute Gasteiger partial charge is 0.489 e. The normalized spacial score (nSPS) is 30.0. The Hall–Kier alpha value is -2.92. The summed E-state index contributed by atoms with van der Waals surface area (Å²) in [5.41, 5.74) is 14.5. The molecule has 2 aromatic rings. The highest BCUT2D eigenvalue weighted by atomic mass is 32.2. The van der Waals surface area contributed by atoms with Crippen molar-refractivity contribution in [3.63, 3.8) is 0 Å². The number of thioether (sulfide) groups is 1. The minimum Gasteiger partial charge on any atom is -0.387 e. The van der Waals surface area contributed by atoms with Crippen LogP contribution in [0.25, 0.3) is 21.6 Å². The average molecular weight is 774 g/mol. The molecule has 5 heterocycles. The van der Waals surface area contributed by atoms with Gasteiger partial charge in [0.2, 0.25) is 11.9 Å². The second kappa shape index (κ2) is 14.7. The summed E-state index contributed by atoms with van der Waals surface area (Å²) < 4.78 is 56.2. The van der Waals surface area contributed by atoms with Crippen molar-refractivity contribution in [3.05, 3.63) is 16.8 Å². The number of nitrogens with zero attached hydrogens (tertiary/aromatic N) is 7. The van der Waals surface area contributed by atoms with Gasteiger partial charge >= 0.3 is 29.4 Å². The van der Waals surface area contributed by atoms with Crippen LogP contribution < -0.4 is 21.5 Å². The summed E-state index contributed by atoms with van der Waals surface area (Å²) in [6.45, 7) is -1.08. The Morgan fingerprint density at radius 2 is 1.94 bits per heavy atom. The number of carbonyl (C=O) groups is 2. The number of aromatic nitrogens is 4. The van der Waals surface area contributed by atoms with Crippen LogP contribution in [0.5, 0.6) is 0 Å². The molecule has 3 amide bonds. The Kier molecular flexibility index (Phi) is 11.2. The van der Waals surface area contributed by atoms with Crippen LogP contribution in [-0.2, 0) is 36.4 Å². The number of imidazole rings is 1. The summed E-state index contributed by atoms with van der Waals surface area (Å²) in [5.74, 6) is -0.826. The Labute approximate surface area is 278 Å². The fraction of sp³-hybridized carbons (Fsp3) is 0.650. The van der Waals surface area contributed by atoms with E-state index >= 15 is 0 Å². The maximum Gasteiger partial charge on any atom is 0.489 e. The fourth-order valence-electron chi connectivity index (χ4n) is 5.32. The van der Waals surface area contributed by atoms with Gasteiger partial charge in [-0.2, -0.15) is 20.4 Å². The molecule has 2 aromatic heterocycles. The summed E-state index contributed by atoms with van der Waals surface area (Å²) in [7, 11) is -16.9. The molecule has 0 saturated carbocycles. The third-order valence-corrected chi connectivity index (χ3v) is 13.3. The molecule has 5 rings (SSSR count). The molecule has 0 aromatic carbocycles. The van der Waals surface area contributed by atoms with Crippen LogP contribution in [0.3, 0.4) is 0 Å². The molecule has 10 atom stereocenters. The number of ether oxygens (including phenoxy) is 1. The highest BCUT2D eigenvalue weighted by Crippen LogP contribution is 2.66. The van der Waals surface area contributed by atoms with Crippen molar-refractivity contribution in [2.24, 2.45) is 5.11 Å². The van der Waals surface area contributed by atoms with E-state index in [1.54, 1.807) is 11.8 Å². The lowest BCUT2D eigenvalue weighted by Crippen LogP contribution is -2.36. The smallest absolute Gasteiger partial charge is 0.387 e. The van der Waals surface area contributed by atoms with Crippen LogP contribution in [0.2, 0.25) is 0 Å². The van der Waals surface area contributed by atoms with Gasteiger partial charge in [0, 0.05) is 22.3 Å². The highest BCUT2D eigenvalue weighted by Gasteiger charge is 2.48. The summed E-state index contributed by atoms with van der Waals surface area (Å²) in [5, 5.41) is 31.8. The van der Waals surface area contributed by atoms with Crippen molar-refractivity contribution < 1.29 is 66.1 Å². The number of hydrogen-bond acceptors (Lipinski definition) is 17. The van der Waals surface area contributed by atoms with Crippen LogP contribution in [-0.4, -0.2) is 104 Å². The summed E-state index contributed by atoms with van der Waals surface area (Å²) >= 11 is 1.66. The van der Waals surface area contributed by atoms with Gasteiger partial charge in [-0.05, 0) is 23.5 Å². The quantitative estimate of drug-likeness (QED) is 0.0290. The summed E-state index contributed by atoms with van der Waals surface area (Å²) in [6, 6.07) is -0.263. The van der Waals surface area contributed by atoms with E-state index in [2.05, 4.69) is 48.8 Å². The van der Waals surface area contributed by atoms with E-state index in [-0.39, 0.29) is 53.2 Å². The van der Waals surface area contributed by atoms with Gasteiger partial charge < -0.3 is 46.0 Å². The third kappa shape index (κ3) is 8.88. The number of azide groups is 1. The molecule has 49 heavy (non-hydrogen) atoms. The number of aliphatic hydroxyl groups is 2. The van der Waals surface area contributed by atoms with Crippen LogP contribution in [0, 0.1) is 0 Å². The van der Waals surface area contributed by atoms with E-state index in [4.69, 9.17) is 16.0 Å². The molecule has 3 saturated heterocycles. The van der Waals surface area contributed by atoms with Gasteiger partial charge in [0.25, 0.3) is 0 Å². The molecule has 3 unspecified atom stereocenters. The zero-order valence-corrected chi connectivity index (χ0v) is 28.2. The van der Waals surface area contributed by atoms with Crippen LogP contribution >= 0.6 is 35.2 Å². The van der Waals surface area contributed by atoms with Crippen molar-refractivity contribution in [3.8, 4) is 0 Å². The standard InChI is InChI=1S/C20H30N11O14P3S/c21-16-13-17(24-7-23-16)31(19(26-13)28-30-22)18-15(34)14(33)9(43-18)5-42-47(38,39)45-48(40,41)44-46(36,37)29-11(32)4-2-1-3-10-12-8(6-49-10)25-20(35)27-12/h7-10,12,14-15,18,33-34H,1-6H2,(H,38,39)(H,40,41)(H2,21,23,24)(H2,25,27,35)(H2,29,32,36,37)/t8-,9+,10-,12-,14+,15+,18+/m0/s1. The second-order valence-electron chi connectivity index (χ2n) is 10.8. The molecule has 3 aliphatic heterocycles. The van der Waals surface area contributed by atoms with Gasteiger partial charge in [0.05, 0.1) is 18.7 Å². The van der Waals surface area contributed by atoms with E-state index in [0.29, 0.717) is 12.8 Å². The van der Waals surface area contributed by atoms with Gasteiger partial charge in [-0.1, -0.05) is 6.42 Å². The molecule has 3 aliphatic rings. The molecule has 0 bridgehead atoms. The Morgan fingerprint density at radius 3 is 2.67 bits per heavy atom. The molecule has 0 radical (unpaired) electrons. The lowest BCUT2D eigenvalue weighted by Gasteiger charge is -2.20. The molecule has 25 nitrogen and oxygen atoms in total. The van der Waals surface area contributed by atoms with Crippen molar-refractivity contribution in [1.82, 2.24) is 35.2 Å². The Bertz CT molecular complexity index is 1800. The average Bonchev–Trinajstić information content (AvgIpc) is 3.72. The predicted molar refractivity (Wildman–Crippen MR) is 164 cm³/mol. The maximum atomic E-state index is 12.4. The van der Waals surface area contributed by atoms with E-state index < -0.39 is 66.4 Å². The number of hydrogen-bond donors (Lipinski definition) is 9. The number of anilines is 1. The molecular formula is C20H30N11O14P3S. The molecule has 270 valence electrons. The highest BCUT2D eigenvalue weighted by molar-refractivity contribution is 8.00. The maximum absolute atomic E-state index is 12.4. The molecule has 29 heteroatoms. The number of rotatable bonds is 15. The number of nitrogen functional groups attached to an aromatic ring is 1. The molecular weight excluding hydrogens is 743 g/mol. The summed E-state index contributed by atoms with van der Waals surface area (Å²) in [4.78, 5) is 67.7. The van der Waals surface area contributed by atoms with E-state index in [1.807, 2.05) is 0 Å². The number of phosphoric ester groups is 1. The SMILES string of the molecule is [N-]=[N+]=Nc1nc2c(N)ncnc2n1[C@@H]1O[C@H](COP(=O)(O)OP(=O)(O)OP(=O)(O)NC(=O)CCCC[C@@H]2SC[C@@H]3NC(=O)N[C@@H]32)[C@@H](O)[C@H]1O. The first-order valence-corrected chi connectivity index (χ1v) is 19.7. The van der Waals surface area contributed by atoms with Gasteiger partial charge in [0.1, 0.15) is 24.6 Å². The number of nitrogens with two attached hydrogens (primary N) is 1. The first-order chi connectivity index (χ1) is 23.0. The number of urea groups is 1. The number of carbonyl (C=O) groups excluding carboxylic acids is 2. The first-order valence-electron chi connectivity index (χ1n) is 14.1. The lowest BCUT2D eigenvalue weighted by atomic mass is 10.0. The van der Waals surface area contributed by atoms with Gasteiger partial charge in [-0.15, -0.1) is 0 Å². The van der Waals surface area contributed by atoms with E-state index in [1.165, 1.54) is 5.09 Å².